The summed E-state index contributed by atoms with van der Waals surface area (Å²) in [6.07, 6.45) is 1.58. The van der Waals surface area contributed by atoms with Crippen LogP contribution >= 0.6 is 12.2 Å². The van der Waals surface area contributed by atoms with Gasteiger partial charge in [0.05, 0.1) is 18.8 Å². The molecule has 0 aliphatic rings. The van der Waals surface area contributed by atoms with Gasteiger partial charge in [0.25, 0.3) is 0 Å². The number of carboxylic acid groups (broad SMARTS) is 1. The van der Waals surface area contributed by atoms with Crippen LogP contribution in [0.5, 0.6) is 5.75 Å². The second-order valence-electron chi connectivity index (χ2n) is 3.85. The highest BCUT2D eigenvalue weighted by atomic mass is 32.1. The molecule has 1 aromatic rings. The first-order valence-corrected chi connectivity index (χ1v) is 6.51. The fraction of sp³-hybridized carbons (Fsp3) is 0.308. The minimum atomic E-state index is -1.26. The zero-order valence-electron chi connectivity index (χ0n) is 11.5. The summed E-state index contributed by atoms with van der Waals surface area (Å²) in [5.41, 5.74) is 3.47. The standard InChI is InChI=1S/C13H17N3O4S/c1-19-7-6-14-13(21)16-15-8-10-2-4-11(5-3-10)20-9-12(17)18/h2-5,8H,6-7,9H2,1H3,(H,17,18)(H2,14,16,21)/p-1/b15-8-. The number of nitrogens with zero attached hydrogens (tertiary/aromatic N) is 1. The first-order valence-electron chi connectivity index (χ1n) is 6.10. The molecule has 0 saturated heterocycles. The maximum atomic E-state index is 10.2. The van der Waals surface area contributed by atoms with Crippen molar-refractivity contribution in [2.24, 2.45) is 5.10 Å². The third kappa shape index (κ3) is 7.85. The summed E-state index contributed by atoms with van der Waals surface area (Å²) in [4.78, 5) is 10.2. The van der Waals surface area contributed by atoms with Crippen molar-refractivity contribution in [2.45, 2.75) is 0 Å². The Labute approximate surface area is 127 Å². The van der Waals surface area contributed by atoms with Crippen molar-refractivity contribution < 1.29 is 19.4 Å². The molecule has 0 aliphatic heterocycles. The maximum absolute atomic E-state index is 10.2. The molecule has 0 bridgehead atoms. The lowest BCUT2D eigenvalue weighted by Crippen LogP contribution is -2.34. The molecule has 0 amide bonds. The molecule has 0 atom stereocenters. The van der Waals surface area contributed by atoms with Gasteiger partial charge >= 0.3 is 0 Å². The van der Waals surface area contributed by atoms with E-state index >= 15 is 0 Å². The van der Waals surface area contributed by atoms with Crippen LogP contribution in [0.2, 0.25) is 0 Å². The average molecular weight is 310 g/mol. The molecule has 0 saturated carbocycles. The van der Waals surface area contributed by atoms with Crippen LogP contribution in [0.3, 0.4) is 0 Å². The third-order valence-corrected chi connectivity index (χ3v) is 2.44. The van der Waals surface area contributed by atoms with Gasteiger partial charge in [0, 0.05) is 13.7 Å². The van der Waals surface area contributed by atoms with Crippen LogP contribution in [0.15, 0.2) is 29.4 Å². The number of benzene rings is 1. The molecule has 0 aromatic heterocycles. The fourth-order valence-corrected chi connectivity index (χ4v) is 1.42. The Morgan fingerprint density at radius 2 is 2.14 bits per heavy atom. The van der Waals surface area contributed by atoms with Gasteiger partial charge < -0.3 is 24.7 Å². The Hall–Kier alpha value is -2.19. The summed E-state index contributed by atoms with van der Waals surface area (Å²) in [5.74, 6) is -0.819. The lowest BCUT2D eigenvalue weighted by molar-refractivity contribution is -0.307. The average Bonchev–Trinajstić information content (AvgIpc) is 2.46. The molecule has 0 unspecified atom stereocenters. The van der Waals surface area contributed by atoms with E-state index in [0.717, 1.165) is 5.56 Å². The van der Waals surface area contributed by atoms with Crippen molar-refractivity contribution in [1.29, 1.82) is 0 Å². The van der Waals surface area contributed by atoms with E-state index in [2.05, 4.69) is 15.8 Å². The Balaban J connectivity index is 2.35. The minimum Gasteiger partial charge on any atom is -0.546 e. The van der Waals surface area contributed by atoms with Crippen molar-refractivity contribution in [3.63, 3.8) is 0 Å². The molecule has 114 valence electrons. The fourth-order valence-electron chi connectivity index (χ4n) is 1.26. The van der Waals surface area contributed by atoms with Gasteiger partial charge in [-0.05, 0) is 42.0 Å². The maximum Gasteiger partial charge on any atom is 0.187 e. The molecular weight excluding hydrogens is 294 g/mol. The first-order chi connectivity index (χ1) is 10.1. The van der Waals surface area contributed by atoms with Gasteiger partial charge in [-0.2, -0.15) is 5.10 Å². The summed E-state index contributed by atoms with van der Waals surface area (Å²) >= 11 is 4.99. The van der Waals surface area contributed by atoms with E-state index in [1.54, 1.807) is 37.6 Å². The molecule has 7 nitrogen and oxygen atoms in total. The van der Waals surface area contributed by atoms with Gasteiger partial charge in [-0.25, -0.2) is 0 Å². The van der Waals surface area contributed by atoms with Crippen LogP contribution in [0.1, 0.15) is 5.56 Å². The van der Waals surface area contributed by atoms with Crippen molar-refractivity contribution in [2.75, 3.05) is 26.9 Å². The number of carbonyl (C=O) groups excluding carboxylic acids is 1. The van der Waals surface area contributed by atoms with Gasteiger partial charge in [0.15, 0.2) is 5.11 Å². The summed E-state index contributed by atoms with van der Waals surface area (Å²) in [5, 5.41) is 17.5. The SMILES string of the molecule is COCCNC(=S)N/N=C\c1ccc(OCC(=O)[O-])cc1. The molecule has 0 spiro atoms. The predicted molar refractivity (Wildman–Crippen MR) is 80.2 cm³/mol. The predicted octanol–water partition coefficient (Wildman–Crippen LogP) is -0.740. The number of methoxy groups -OCH3 is 1. The van der Waals surface area contributed by atoms with E-state index < -0.39 is 12.6 Å². The van der Waals surface area contributed by atoms with Gasteiger partial charge in [0.1, 0.15) is 12.4 Å². The van der Waals surface area contributed by atoms with Gasteiger partial charge in [-0.3, -0.25) is 5.43 Å². The molecule has 21 heavy (non-hydrogen) atoms. The molecule has 8 heteroatoms. The largest absolute Gasteiger partial charge is 0.546 e. The van der Waals surface area contributed by atoms with Crippen LogP contribution in [-0.4, -0.2) is 44.2 Å². The van der Waals surface area contributed by atoms with Crippen LogP contribution < -0.4 is 20.6 Å². The van der Waals surface area contributed by atoms with Crippen LogP contribution in [-0.2, 0) is 9.53 Å². The molecule has 0 aliphatic carbocycles. The third-order valence-electron chi connectivity index (χ3n) is 2.21. The Bertz CT molecular complexity index is 491. The van der Waals surface area contributed by atoms with E-state index in [9.17, 15) is 9.90 Å². The highest BCUT2D eigenvalue weighted by Gasteiger charge is 1.95. The van der Waals surface area contributed by atoms with Gasteiger partial charge in [-0.15, -0.1) is 0 Å². The normalized spacial score (nSPS) is 10.3. The van der Waals surface area contributed by atoms with Crippen molar-refractivity contribution in [1.82, 2.24) is 10.7 Å². The van der Waals surface area contributed by atoms with Crippen molar-refractivity contribution in [3.05, 3.63) is 29.8 Å². The number of thiocarbonyl (C=S) groups is 1. The monoisotopic (exact) mass is 310 g/mol. The number of rotatable bonds is 8. The second kappa shape index (κ2) is 9.67. The number of hydrogen-bond acceptors (Lipinski definition) is 6. The molecule has 2 N–H and O–H groups in total. The number of aliphatic carboxylic acids is 1. The van der Waals surface area contributed by atoms with Crippen molar-refractivity contribution in [3.8, 4) is 5.75 Å². The highest BCUT2D eigenvalue weighted by Crippen LogP contribution is 2.10. The molecular formula is C13H16N3O4S-. The Kier molecular flexibility index (Phi) is 7.77. The zero-order valence-corrected chi connectivity index (χ0v) is 12.3. The lowest BCUT2D eigenvalue weighted by atomic mass is 10.2. The van der Waals surface area contributed by atoms with Crippen molar-refractivity contribution >= 4 is 29.5 Å². The molecule has 1 aromatic carbocycles. The van der Waals surface area contributed by atoms with E-state index in [1.165, 1.54) is 0 Å². The van der Waals surface area contributed by atoms with E-state index in [1.807, 2.05) is 0 Å². The zero-order chi connectivity index (χ0) is 15.5. The Morgan fingerprint density at radius 1 is 1.43 bits per heavy atom. The smallest absolute Gasteiger partial charge is 0.187 e. The number of hydrogen-bond donors (Lipinski definition) is 2. The van der Waals surface area contributed by atoms with E-state index in [4.69, 9.17) is 21.7 Å². The second-order valence-corrected chi connectivity index (χ2v) is 4.26. The van der Waals surface area contributed by atoms with E-state index in [0.29, 0.717) is 24.0 Å². The first kappa shape index (κ1) is 16.9. The molecule has 0 heterocycles. The number of carbonyl (C=O) groups is 1. The minimum absolute atomic E-state index is 0.400. The molecule has 1 rings (SSSR count). The topological polar surface area (TPSA) is 95.0 Å². The van der Waals surface area contributed by atoms with E-state index in [-0.39, 0.29) is 0 Å². The van der Waals surface area contributed by atoms with Gasteiger partial charge in [-0.1, -0.05) is 0 Å². The Morgan fingerprint density at radius 3 is 2.76 bits per heavy atom. The van der Waals surface area contributed by atoms with Crippen LogP contribution in [0.4, 0.5) is 0 Å². The number of ether oxygens (including phenoxy) is 2. The summed E-state index contributed by atoms with van der Waals surface area (Å²) in [6, 6.07) is 6.74. The quantitative estimate of drug-likeness (QED) is 0.283. The van der Waals surface area contributed by atoms with Crippen LogP contribution in [0.25, 0.3) is 0 Å². The molecule has 0 fully saturated rings. The summed E-state index contributed by atoms with van der Waals surface area (Å²) < 4.78 is 9.83. The molecule has 0 radical (unpaired) electrons. The lowest BCUT2D eigenvalue weighted by Gasteiger charge is -2.07. The number of hydrazone groups is 1. The number of carboxylic acids is 1. The summed E-state index contributed by atoms with van der Waals surface area (Å²) in [7, 11) is 1.61. The van der Waals surface area contributed by atoms with Gasteiger partial charge in [0.2, 0.25) is 0 Å². The van der Waals surface area contributed by atoms with Crippen LogP contribution in [0, 0.1) is 0 Å². The highest BCUT2D eigenvalue weighted by molar-refractivity contribution is 7.80. The summed E-state index contributed by atoms with van der Waals surface area (Å²) in [6.45, 7) is 0.678. The number of nitrogens with one attached hydrogen (secondary N) is 2.